The molecule has 0 unspecified atom stereocenters. The number of esters is 2. The van der Waals surface area contributed by atoms with E-state index in [9.17, 15) is 9.59 Å². The van der Waals surface area contributed by atoms with Gasteiger partial charge in [-0.1, -0.05) is 23.2 Å². The number of fused-ring (bicyclic) bond motifs is 2. The number of ether oxygens (including phenoxy) is 2. The van der Waals surface area contributed by atoms with E-state index >= 15 is 0 Å². The summed E-state index contributed by atoms with van der Waals surface area (Å²) in [5.74, 6) is -0.673. The van der Waals surface area contributed by atoms with E-state index in [0.29, 0.717) is 35.5 Å². The van der Waals surface area contributed by atoms with Gasteiger partial charge in [0.1, 0.15) is 36.8 Å². The fourth-order valence-corrected chi connectivity index (χ4v) is 2.98. The first-order valence-corrected chi connectivity index (χ1v) is 10.1. The Morgan fingerprint density at radius 3 is 1.53 bits per heavy atom. The lowest BCUT2D eigenvalue weighted by atomic mass is 10.5. The van der Waals surface area contributed by atoms with Crippen LogP contribution in [0.25, 0.3) is 22.3 Å². The van der Waals surface area contributed by atoms with Crippen molar-refractivity contribution in [3.63, 3.8) is 0 Å². The Bertz CT molecular complexity index is 1150. The third-order valence-corrected chi connectivity index (χ3v) is 4.48. The maximum atomic E-state index is 11.3. The zero-order chi connectivity index (χ0) is 23.1. The molecule has 0 atom stereocenters. The van der Waals surface area contributed by atoms with Crippen molar-refractivity contribution < 1.29 is 19.1 Å². The number of rotatable bonds is 6. The molecule has 0 aromatic carbocycles. The fraction of sp³-hybridized carbons (Fsp3) is 0.333. The van der Waals surface area contributed by atoms with Gasteiger partial charge in [-0.15, -0.1) is 0 Å². The normalized spacial score (nSPS) is 10.6. The fourth-order valence-electron chi connectivity index (χ4n) is 2.63. The van der Waals surface area contributed by atoms with Gasteiger partial charge in [-0.2, -0.15) is 0 Å². The number of carbonyl (C=O) groups is 2. The summed E-state index contributed by atoms with van der Waals surface area (Å²) in [6.45, 7) is 4.34. The second-order valence-electron chi connectivity index (χ2n) is 6.03. The summed E-state index contributed by atoms with van der Waals surface area (Å²) < 4.78 is 12.8. The second kappa shape index (κ2) is 10.8. The highest BCUT2D eigenvalue weighted by atomic mass is 35.5. The number of imidazole rings is 2. The Hall–Kier alpha value is -3.38. The molecule has 12 nitrogen and oxygen atoms in total. The van der Waals surface area contributed by atoms with Gasteiger partial charge in [0, 0.05) is 0 Å². The molecular formula is C18H18Cl2N8O4. The third kappa shape index (κ3) is 5.45. The van der Waals surface area contributed by atoms with E-state index in [-0.39, 0.29) is 35.3 Å². The van der Waals surface area contributed by atoms with E-state index in [0.717, 1.165) is 0 Å². The molecule has 0 amide bonds. The smallest absolute Gasteiger partial charge is 0.326 e. The van der Waals surface area contributed by atoms with Gasteiger partial charge in [0.05, 0.1) is 25.9 Å². The van der Waals surface area contributed by atoms with Gasteiger partial charge >= 0.3 is 11.9 Å². The van der Waals surface area contributed by atoms with Crippen molar-refractivity contribution in [3.05, 3.63) is 35.6 Å². The lowest BCUT2D eigenvalue weighted by Gasteiger charge is -2.02. The Balaban J connectivity index is 0.000000181. The van der Waals surface area contributed by atoms with Gasteiger partial charge in [-0.05, 0) is 13.8 Å². The Labute approximate surface area is 191 Å². The first-order chi connectivity index (χ1) is 15.4. The van der Waals surface area contributed by atoms with E-state index in [1.165, 1.54) is 25.3 Å². The van der Waals surface area contributed by atoms with Gasteiger partial charge in [0.2, 0.25) is 0 Å². The van der Waals surface area contributed by atoms with Crippen LogP contribution in [0.4, 0.5) is 0 Å². The zero-order valence-corrected chi connectivity index (χ0v) is 18.6. The maximum absolute atomic E-state index is 11.3. The van der Waals surface area contributed by atoms with Crippen molar-refractivity contribution in [2.75, 3.05) is 13.2 Å². The standard InChI is InChI=1S/2C9H9ClN4O2/c2*1-2-16-6(15)3-14-5-13-7-8(10)11-4-12-9(7)14/h2*4-5H,2-3H2,1H3. The first kappa shape index (κ1) is 23.3. The number of hydrogen-bond donors (Lipinski definition) is 0. The van der Waals surface area contributed by atoms with Crippen molar-refractivity contribution >= 4 is 57.5 Å². The summed E-state index contributed by atoms with van der Waals surface area (Å²) in [4.78, 5) is 46.3. The lowest BCUT2D eigenvalue weighted by Crippen LogP contribution is -2.13. The molecule has 168 valence electrons. The van der Waals surface area contributed by atoms with Crippen LogP contribution in [0.2, 0.25) is 10.3 Å². The zero-order valence-electron chi connectivity index (χ0n) is 17.1. The van der Waals surface area contributed by atoms with Crippen LogP contribution >= 0.6 is 23.2 Å². The van der Waals surface area contributed by atoms with Crippen molar-refractivity contribution in [2.45, 2.75) is 26.9 Å². The van der Waals surface area contributed by atoms with Gasteiger partial charge in [-0.3, -0.25) is 9.59 Å². The molecule has 32 heavy (non-hydrogen) atoms. The van der Waals surface area contributed by atoms with Crippen LogP contribution in [0, 0.1) is 0 Å². The molecule has 0 aliphatic rings. The lowest BCUT2D eigenvalue weighted by molar-refractivity contribution is -0.144. The molecule has 4 aromatic rings. The summed E-state index contributed by atoms with van der Waals surface area (Å²) in [5, 5.41) is 0.542. The summed E-state index contributed by atoms with van der Waals surface area (Å²) >= 11 is 11.6. The van der Waals surface area contributed by atoms with Crippen LogP contribution in [0.1, 0.15) is 13.8 Å². The quantitative estimate of drug-likeness (QED) is 0.297. The summed E-state index contributed by atoms with van der Waals surface area (Å²) in [6, 6.07) is 0. The minimum atomic E-state index is -0.337. The van der Waals surface area contributed by atoms with E-state index in [2.05, 4.69) is 29.9 Å². The molecule has 4 rings (SSSR count). The largest absolute Gasteiger partial charge is 0.465 e. The summed E-state index contributed by atoms with van der Waals surface area (Å²) in [5.41, 5.74) is 2.00. The Morgan fingerprint density at radius 1 is 0.750 bits per heavy atom. The second-order valence-corrected chi connectivity index (χ2v) is 6.74. The molecule has 0 N–H and O–H groups in total. The predicted octanol–water partition coefficient (Wildman–Crippen LogP) is 2.09. The highest BCUT2D eigenvalue weighted by molar-refractivity contribution is 6.33. The molecule has 0 aliphatic heterocycles. The van der Waals surface area contributed by atoms with Crippen LogP contribution in [0.5, 0.6) is 0 Å². The Kier molecular flexibility index (Phi) is 7.84. The van der Waals surface area contributed by atoms with Gasteiger partial charge in [0.25, 0.3) is 0 Å². The highest BCUT2D eigenvalue weighted by Gasteiger charge is 2.12. The third-order valence-electron chi connectivity index (χ3n) is 3.92. The van der Waals surface area contributed by atoms with Gasteiger partial charge in [0.15, 0.2) is 21.6 Å². The SMILES string of the molecule is CCOC(=O)Cn1cnc2c(Cl)ncnc21.CCOC(=O)Cn1cnc2c(Cl)ncnc21. The van der Waals surface area contributed by atoms with E-state index in [4.69, 9.17) is 32.7 Å². The molecule has 0 bridgehead atoms. The molecule has 14 heteroatoms. The minimum Gasteiger partial charge on any atom is -0.465 e. The average molecular weight is 481 g/mol. The van der Waals surface area contributed by atoms with Crippen LogP contribution in [-0.2, 0) is 32.2 Å². The van der Waals surface area contributed by atoms with Crippen LogP contribution < -0.4 is 0 Å². The number of carbonyl (C=O) groups excluding carboxylic acids is 2. The highest BCUT2D eigenvalue weighted by Crippen LogP contribution is 2.17. The minimum absolute atomic E-state index is 0.0671. The van der Waals surface area contributed by atoms with E-state index < -0.39 is 0 Å². The molecule has 0 spiro atoms. The molecule has 0 aliphatic carbocycles. The first-order valence-electron chi connectivity index (χ1n) is 9.38. The average Bonchev–Trinajstić information content (AvgIpc) is 3.35. The van der Waals surface area contributed by atoms with Gasteiger partial charge < -0.3 is 18.6 Å². The molecule has 4 heterocycles. The van der Waals surface area contributed by atoms with E-state index in [1.54, 1.807) is 23.0 Å². The molecular weight excluding hydrogens is 463 g/mol. The number of nitrogens with zero attached hydrogens (tertiary/aromatic N) is 8. The molecule has 0 radical (unpaired) electrons. The molecule has 4 aromatic heterocycles. The van der Waals surface area contributed by atoms with Crippen LogP contribution in [0.3, 0.4) is 0 Å². The number of aromatic nitrogens is 8. The van der Waals surface area contributed by atoms with Crippen LogP contribution in [-0.4, -0.2) is 64.2 Å². The van der Waals surface area contributed by atoms with Crippen molar-refractivity contribution in [1.82, 2.24) is 39.0 Å². The Morgan fingerprint density at radius 2 is 1.16 bits per heavy atom. The summed E-state index contributed by atoms with van der Waals surface area (Å²) in [6.07, 6.45) is 5.63. The van der Waals surface area contributed by atoms with Crippen molar-refractivity contribution in [2.24, 2.45) is 0 Å². The monoisotopic (exact) mass is 480 g/mol. The predicted molar refractivity (Wildman–Crippen MR) is 114 cm³/mol. The van der Waals surface area contributed by atoms with Crippen LogP contribution in [0.15, 0.2) is 25.3 Å². The maximum Gasteiger partial charge on any atom is 0.326 e. The summed E-state index contributed by atoms with van der Waals surface area (Å²) in [7, 11) is 0. The molecule has 0 saturated carbocycles. The molecule has 0 saturated heterocycles. The van der Waals surface area contributed by atoms with Crippen molar-refractivity contribution in [3.8, 4) is 0 Å². The number of halogens is 2. The topological polar surface area (TPSA) is 140 Å². The molecule has 0 fully saturated rings. The van der Waals surface area contributed by atoms with Gasteiger partial charge in [-0.25, -0.2) is 29.9 Å². The number of hydrogen-bond acceptors (Lipinski definition) is 10. The van der Waals surface area contributed by atoms with E-state index in [1.807, 2.05) is 0 Å². The van der Waals surface area contributed by atoms with Crippen molar-refractivity contribution in [1.29, 1.82) is 0 Å².